The molecule has 1 aromatic carbocycles. The van der Waals surface area contributed by atoms with E-state index in [0.717, 1.165) is 18.7 Å². The fourth-order valence-corrected chi connectivity index (χ4v) is 2.47. The molecule has 2 unspecified atom stereocenters. The number of nitrogens with one attached hydrogen (secondary N) is 1. The summed E-state index contributed by atoms with van der Waals surface area (Å²) >= 11 is 0. The maximum absolute atomic E-state index is 9.75. The Hall–Kier alpha value is -1.06. The second-order valence-electron chi connectivity index (χ2n) is 6.21. The lowest BCUT2D eigenvalue weighted by Crippen LogP contribution is -2.56. The Labute approximate surface area is 110 Å². The molecule has 100 valence electrons. The van der Waals surface area contributed by atoms with Gasteiger partial charge in [0.05, 0.1) is 6.10 Å². The molecule has 3 nitrogen and oxygen atoms in total. The molecule has 1 aromatic rings. The molecule has 0 bridgehead atoms. The zero-order valence-electron chi connectivity index (χ0n) is 11.8. The summed E-state index contributed by atoms with van der Waals surface area (Å²) in [6, 6.07) is 8.89. The third kappa shape index (κ3) is 2.68. The molecule has 0 aliphatic heterocycles. The van der Waals surface area contributed by atoms with Gasteiger partial charge in [0.25, 0.3) is 0 Å². The van der Waals surface area contributed by atoms with Gasteiger partial charge in [-0.15, -0.1) is 0 Å². The zero-order valence-corrected chi connectivity index (χ0v) is 11.8. The first kappa shape index (κ1) is 13.4. The molecule has 0 saturated heterocycles. The van der Waals surface area contributed by atoms with Crippen LogP contribution in [0.4, 0.5) is 5.69 Å². The highest BCUT2D eigenvalue weighted by atomic mass is 16.3. The second-order valence-corrected chi connectivity index (χ2v) is 6.21. The van der Waals surface area contributed by atoms with Crippen LogP contribution in [0, 0.1) is 5.41 Å². The van der Waals surface area contributed by atoms with Crippen molar-refractivity contribution in [3.8, 4) is 0 Å². The number of aliphatic hydroxyl groups is 1. The van der Waals surface area contributed by atoms with E-state index in [2.05, 4.69) is 62.4 Å². The summed E-state index contributed by atoms with van der Waals surface area (Å²) in [4.78, 5) is 2.16. The van der Waals surface area contributed by atoms with Crippen LogP contribution in [0.25, 0.3) is 0 Å². The maximum Gasteiger partial charge on any atom is 0.0630 e. The van der Waals surface area contributed by atoms with Crippen LogP contribution >= 0.6 is 0 Å². The predicted octanol–water partition coefficient (Wildman–Crippen LogP) is 2.32. The van der Waals surface area contributed by atoms with E-state index in [1.165, 1.54) is 5.56 Å². The van der Waals surface area contributed by atoms with Gasteiger partial charge in [-0.3, -0.25) is 0 Å². The molecular weight excluding hydrogens is 224 g/mol. The van der Waals surface area contributed by atoms with Crippen molar-refractivity contribution in [1.29, 1.82) is 0 Å². The van der Waals surface area contributed by atoms with Crippen LogP contribution in [0.2, 0.25) is 0 Å². The molecule has 1 fully saturated rings. The van der Waals surface area contributed by atoms with E-state index in [9.17, 15) is 5.11 Å². The molecule has 0 radical (unpaired) electrons. The Kier molecular flexibility index (Phi) is 3.64. The summed E-state index contributed by atoms with van der Waals surface area (Å²) in [6.45, 7) is 5.18. The fourth-order valence-electron chi connectivity index (χ4n) is 2.47. The molecular formula is C15H24N2O. The molecule has 0 spiro atoms. The van der Waals surface area contributed by atoms with Crippen molar-refractivity contribution in [2.45, 2.75) is 39.0 Å². The van der Waals surface area contributed by atoms with Crippen molar-refractivity contribution < 1.29 is 5.11 Å². The molecule has 0 aromatic heterocycles. The smallest absolute Gasteiger partial charge is 0.0630 e. The summed E-state index contributed by atoms with van der Waals surface area (Å²) < 4.78 is 0. The Bertz CT molecular complexity index is 415. The van der Waals surface area contributed by atoms with Crippen LogP contribution in [0.15, 0.2) is 24.3 Å². The van der Waals surface area contributed by atoms with E-state index in [1.807, 2.05) is 0 Å². The van der Waals surface area contributed by atoms with Crippen LogP contribution in [-0.2, 0) is 6.54 Å². The van der Waals surface area contributed by atoms with E-state index in [-0.39, 0.29) is 11.5 Å². The van der Waals surface area contributed by atoms with Gasteiger partial charge < -0.3 is 15.3 Å². The van der Waals surface area contributed by atoms with Crippen molar-refractivity contribution >= 4 is 5.69 Å². The molecule has 2 atom stereocenters. The fraction of sp³-hybridized carbons (Fsp3) is 0.600. The number of rotatable bonds is 4. The Morgan fingerprint density at radius 1 is 1.39 bits per heavy atom. The van der Waals surface area contributed by atoms with Gasteiger partial charge in [-0.05, 0) is 38.2 Å². The quantitative estimate of drug-likeness (QED) is 0.858. The van der Waals surface area contributed by atoms with Gasteiger partial charge in [0.1, 0.15) is 0 Å². The molecule has 3 heteroatoms. The average Bonchev–Trinajstić information content (AvgIpc) is 2.28. The van der Waals surface area contributed by atoms with Crippen molar-refractivity contribution in [3.05, 3.63) is 29.8 Å². The van der Waals surface area contributed by atoms with Crippen molar-refractivity contribution in [2.75, 3.05) is 19.4 Å². The lowest BCUT2D eigenvalue weighted by atomic mass is 9.64. The van der Waals surface area contributed by atoms with Crippen LogP contribution in [0.3, 0.4) is 0 Å². The average molecular weight is 248 g/mol. The summed E-state index contributed by atoms with van der Waals surface area (Å²) in [5.74, 6) is 0. The van der Waals surface area contributed by atoms with Crippen molar-refractivity contribution in [2.24, 2.45) is 5.41 Å². The summed E-state index contributed by atoms with van der Waals surface area (Å²) in [5, 5.41) is 13.3. The third-order valence-electron chi connectivity index (χ3n) is 3.98. The third-order valence-corrected chi connectivity index (χ3v) is 3.98. The van der Waals surface area contributed by atoms with E-state index >= 15 is 0 Å². The number of anilines is 1. The number of aliphatic hydroxyl groups excluding tert-OH is 1. The van der Waals surface area contributed by atoms with Gasteiger partial charge in [0.2, 0.25) is 0 Å². The molecule has 2 N–H and O–H groups in total. The lowest BCUT2D eigenvalue weighted by Gasteiger charge is -2.49. The lowest BCUT2D eigenvalue weighted by molar-refractivity contribution is -0.0510. The first-order valence-electron chi connectivity index (χ1n) is 6.58. The highest BCUT2D eigenvalue weighted by Crippen LogP contribution is 2.42. The van der Waals surface area contributed by atoms with Crippen LogP contribution in [0.5, 0.6) is 0 Å². The molecule has 18 heavy (non-hydrogen) atoms. The van der Waals surface area contributed by atoms with Gasteiger partial charge in [-0.1, -0.05) is 26.0 Å². The maximum atomic E-state index is 9.75. The minimum Gasteiger partial charge on any atom is -0.392 e. The Morgan fingerprint density at radius 3 is 2.67 bits per heavy atom. The van der Waals surface area contributed by atoms with Gasteiger partial charge in [0, 0.05) is 23.7 Å². The molecule has 2 rings (SSSR count). The van der Waals surface area contributed by atoms with Crippen LogP contribution in [0.1, 0.15) is 25.8 Å². The van der Waals surface area contributed by atoms with Gasteiger partial charge in [-0.25, -0.2) is 0 Å². The molecule has 0 amide bonds. The van der Waals surface area contributed by atoms with Gasteiger partial charge in [0.15, 0.2) is 0 Å². The SMILES string of the molecule is CN(C)Cc1cccc(NC2CC(O)C2(C)C)c1. The standard InChI is InChI=1S/C15H24N2O/c1-15(2)13(9-14(15)18)16-12-7-5-6-11(8-12)10-17(3)4/h5-8,13-14,16,18H,9-10H2,1-4H3. The number of hydrogen-bond acceptors (Lipinski definition) is 3. The van der Waals surface area contributed by atoms with E-state index in [4.69, 9.17) is 0 Å². The normalized spacial score (nSPS) is 25.9. The molecule has 1 aliphatic carbocycles. The zero-order chi connectivity index (χ0) is 13.3. The Morgan fingerprint density at radius 2 is 2.11 bits per heavy atom. The van der Waals surface area contributed by atoms with E-state index < -0.39 is 0 Å². The Balaban J connectivity index is 2.02. The monoisotopic (exact) mass is 248 g/mol. The summed E-state index contributed by atoms with van der Waals surface area (Å²) in [7, 11) is 4.15. The number of nitrogens with zero attached hydrogens (tertiary/aromatic N) is 1. The minimum absolute atomic E-state index is 0.0302. The molecule has 1 aliphatic rings. The van der Waals surface area contributed by atoms with Crippen LogP contribution < -0.4 is 5.32 Å². The van der Waals surface area contributed by atoms with E-state index in [1.54, 1.807) is 0 Å². The highest BCUT2D eigenvalue weighted by Gasteiger charge is 2.47. The molecule has 0 heterocycles. The van der Waals surface area contributed by atoms with Crippen molar-refractivity contribution in [3.63, 3.8) is 0 Å². The van der Waals surface area contributed by atoms with Gasteiger partial charge in [-0.2, -0.15) is 0 Å². The first-order valence-corrected chi connectivity index (χ1v) is 6.58. The minimum atomic E-state index is -0.181. The highest BCUT2D eigenvalue weighted by molar-refractivity contribution is 5.47. The predicted molar refractivity (Wildman–Crippen MR) is 75.6 cm³/mol. The second kappa shape index (κ2) is 4.90. The van der Waals surface area contributed by atoms with Gasteiger partial charge >= 0.3 is 0 Å². The van der Waals surface area contributed by atoms with E-state index in [0.29, 0.717) is 6.04 Å². The van der Waals surface area contributed by atoms with Crippen molar-refractivity contribution in [1.82, 2.24) is 4.90 Å². The topological polar surface area (TPSA) is 35.5 Å². The molecule has 1 saturated carbocycles. The van der Waals surface area contributed by atoms with Crippen LogP contribution in [-0.4, -0.2) is 36.2 Å². The number of hydrogen-bond donors (Lipinski definition) is 2. The summed E-state index contributed by atoms with van der Waals surface area (Å²) in [5.41, 5.74) is 2.43. The number of benzene rings is 1. The largest absolute Gasteiger partial charge is 0.392 e. The first-order chi connectivity index (χ1) is 8.39. The summed E-state index contributed by atoms with van der Waals surface area (Å²) in [6.07, 6.45) is 0.658.